The number of amidine groups is 1. The summed E-state index contributed by atoms with van der Waals surface area (Å²) in [6.45, 7) is 4.08. The van der Waals surface area contributed by atoms with Crippen LogP contribution in [0.4, 0.5) is 0 Å². The van der Waals surface area contributed by atoms with E-state index >= 15 is 0 Å². The number of halogens is 1. The van der Waals surface area contributed by atoms with Gasteiger partial charge in [0.1, 0.15) is 11.9 Å². The molecule has 0 saturated carbocycles. The Morgan fingerprint density at radius 2 is 2.05 bits per heavy atom. The average molecular weight is 343 g/mol. The van der Waals surface area contributed by atoms with Crippen molar-refractivity contribution in [2.75, 3.05) is 0 Å². The Kier molecular flexibility index (Phi) is 4.88. The lowest BCUT2D eigenvalue weighted by molar-refractivity contribution is -0.0721. The van der Waals surface area contributed by atoms with E-state index in [4.69, 9.17) is 20.4 Å². The van der Waals surface area contributed by atoms with E-state index in [0.29, 0.717) is 11.3 Å². The predicted octanol–water partition coefficient (Wildman–Crippen LogP) is 2.88. The zero-order valence-electron chi connectivity index (χ0n) is 11.5. The van der Waals surface area contributed by atoms with Crippen molar-refractivity contribution in [1.82, 2.24) is 0 Å². The first-order valence-electron chi connectivity index (χ1n) is 6.59. The van der Waals surface area contributed by atoms with E-state index in [0.717, 1.165) is 17.3 Å². The van der Waals surface area contributed by atoms with Crippen molar-refractivity contribution in [2.24, 2.45) is 10.9 Å². The van der Waals surface area contributed by atoms with Crippen LogP contribution in [0.3, 0.4) is 0 Å². The highest BCUT2D eigenvalue weighted by molar-refractivity contribution is 9.10. The van der Waals surface area contributed by atoms with E-state index < -0.39 is 0 Å². The largest absolute Gasteiger partial charge is 0.489 e. The Hall–Kier alpha value is -1.27. The second-order valence-electron chi connectivity index (χ2n) is 5.07. The molecule has 1 aliphatic rings. The van der Waals surface area contributed by atoms with E-state index in [1.165, 1.54) is 0 Å². The van der Waals surface area contributed by atoms with Gasteiger partial charge in [0.25, 0.3) is 0 Å². The maximum atomic E-state index is 8.89. The van der Waals surface area contributed by atoms with Gasteiger partial charge in [-0.25, -0.2) is 0 Å². The minimum atomic E-state index is 0.0284. The third-order valence-electron chi connectivity index (χ3n) is 3.29. The van der Waals surface area contributed by atoms with Crippen LogP contribution < -0.4 is 10.5 Å². The SMILES string of the molecule is CC1CC(Oc2cccc(Br)c2/C(N)=N/O)CC(C)O1. The number of hydrogen-bond donors (Lipinski definition) is 2. The highest BCUT2D eigenvalue weighted by atomic mass is 79.9. The maximum absolute atomic E-state index is 8.89. The van der Waals surface area contributed by atoms with Gasteiger partial charge in [0, 0.05) is 17.3 Å². The number of ether oxygens (including phenoxy) is 2. The number of nitrogens with two attached hydrogens (primary N) is 1. The Bertz CT molecular complexity index is 497. The lowest BCUT2D eigenvalue weighted by Crippen LogP contribution is -2.36. The fourth-order valence-corrected chi connectivity index (χ4v) is 3.07. The normalized spacial score (nSPS) is 27.4. The van der Waals surface area contributed by atoms with E-state index in [2.05, 4.69) is 21.1 Å². The minimum absolute atomic E-state index is 0.0284. The summed E-state index contributed by atoms with van der Waals surface area (Å²) >= 11 is 3.40. The Morgan fingerprint density at radius 1 is 1.40 bits per heavy atom. The van der Waals surface area contributed by atoms with Gasteiger partial charge >= 0.3 is 0 Å². The van der Waals surface area contributed by atoms with E-state index in [-0.39, 0.29) is 24.1 Å². The van der Waals surface area contributed by atoms with Gasteiger partial charge in [-0.2, -0.15) is 0 Å². The van der Waals surface area contributed by atoms with Crippen molar-refractivity contribution in [3.8, 4) is 5.75 Å². The molecule has 1 aromatic rings. The molecule has 0 radical (unpaired) electrons. The zero-order chi connectivity index (χ0) is 14.7. The number of oxime groups is 1. The number of hydrogen-bond acceptors (Lipinski definition) is 4. The van der Waals surface area contributed by atoms with Crippen LogP contribution in [-0.2, 0) is 4.74 Å². The van der Waals surface area contributed by atoms with Gasteiger partial charge < -0.3 is 20.4 Å². The van der Waals surface area contributed by atoms with Gasteiger partial charge in [0.2, 0.25) is 0 Å². The van der Waals surface area contributed by atoms with Gasteiger partial charge in [0.15, 0.2) is 5.84 Å². The molecule has 0 aromatic heterocycles. The molecule has 1 aliphatic heterocycles. The first-order chi connectivity index (χ1) is 9.51. The molecule has 1 aromatic carbocycles. The molecule has 1 fully saturated rings. The van der Waals surface area contributed by atoms with E-state index in [1.54, 1.807) is 0 Å². The van der Waals surface area contributed by atoms with Crippen molar-refractivity contribution in [1.29, 1.82) is 0 Å². The number of benzene rings is 1. The molecule has 20 heavy (non-hydrogen) atoms. The predicted molar refractivity (Wildman–Crippen MR) is 80.3 cm³/mol. The summed E-state index contributed by atoms with van der Waals surface area (Å²) in [5, 5.41) is 12.0. The average Bonchev–Trinajstić information content (AvgIpc) is 2.37. The molecule has 1 saturated heterocycles. The summed E-state index contributed by atoms with van der Waals surface area (Å²) in [4.78, 5) is 0. The molecular weight excluding hydrogens is 324 g/mol. The van der Waals surface area contributed by atoms with Crippen LogP contribution in [0.25, 0.3) is 0 Å². The number of nitrogens with zero attached hydrogens (tertiary/aromatic N) is 1. The zero-order valence-corrected chi connectivity index (χ0v) is 13.1. The van der Waals surface area contributed by atoms with Crippen LogP contribution in [0, 0.1) is 0 Å². The van der Waals surface area contributed by atoms with Gasteiger partial charge in [-0.1, -0.05) is 11.2 Å². The molecule has 5 nitrogen and oxygen atoms in total. The van der Waals surface area contributed by atoms with E-state index in [1.807, 2.05) is 32.0 Å². The molecule has 2 unspecified atom stereocenters. The number of rotatable bonds is 3. The van der Waals surface area contributed by atoms with Crippen LogP contribution in [0.15, 0.2) is 27.8 Å². The first kappa shape index (κ1) is 15.1. The molecule has 2 rings (SSSR count). The Balaban J connectivity index is 2.23. The van der Waals surface area contributed by atoms with Crippen molar-refractivity contribution >= 4 is 21.8 Å². The lowest BCUT2D eigenvalue weighted by Gasteiger charge is -2.32. The first-order valence-corrected chi connectivity index (χ1v) is 7.39. The Labute approximate surface area is 126 Å². The summed E-state index contributed by atoms with van der Waals surface area (Å²) < 4.78 is 12.5. The van der Waals surface area contributed by atoms with Crippen LogP contribution in [0.5, 0.6) is 5.75 Å². The smallest absolute Gasteiger partial charge is 0.174 e. The second kappa shape index (κ2) is 6.45. The van der Waals surface area contributed by atoms with Crippen LogP contribution in [0.1, 0.15) is 32.3 Å². The lowest BCUT2D eigenvalue weighted by atomic mass is 10.0. The van der Waals surface area contributed by atoms with Crippen LogP contribution >= 0.6 is 15.9 Å². The summed E-state index contributed by atoms with van der Waals surface area (Å²) in [5.74, 6) is 0.640. The minimum Gasteiger partial charge on any atom is -0.489 e. The second-order valence-corrected chi connectivity index (χ2v) is 5.92. The molecule has 0 bridgehead atoms. The molecule has 1 heterocycles. The third-order valence-corrected chi connectivity index (χ3v) is 3.95. The van der Waals surface area contributed by atoms with Gasteiger partial charge in [-0.05, 0) is 41.9 Å². The highest BCUT2D eigenvalue weighted by Crippen LogP contribution is 2.30. The van der Waals surface area contributed by atoms with Crippen LogP contribution in [0.2, 0.25) is 0 Å². The highest BCUT2D eigenvalue weighted by Gasteiger charge is 2.27. The molecule has 3 N–H and O–H groups in total. The fraction of sp³-hybridized carbons (Fsp3) is 0.500. The third kappa shape index (κ3) is 3.43. The van der Waals surface area contributed by atoms with Crippen molar-refractivity contribution in [2.45, 2.75) is 45.0 Å². The summed E-state index contributed by atoms with van der Waals surface area (Å²) in [6.07, 6.45) is 2.05. The fourth-order valence-electron chi connectivity index (χ4n) is 2.52. The van der Waals surface area contributed by atoms with Crippen molar-refractivity contribution in [3.05, 3.63) is 28.2 Å². The van der Waals surface area contributed by atoms with Crippen LogP contribution in [-0.4, -0.2) is 29.4 Å². The molecule has 6 heteroatoms. The van der Waals surface area contributed by atoms with E-state index in [9.17, 15) is 0 Å². The van der Waals surface area contributed by atoms with Crippen molar-refractivity contribution < 1.29 is 14.7 Å². The summed E-state index contributed by atoms with van der Waals surface area (Å²) in [7, 11) is 0. The monoisotopic (exact) mass is 342 g/mol. The van der Waals surface area contributed by atoms with Gasteiger partial charge in [-0.15, -0.1) is 0 Å². The topological polar surface area (TPSA) is 77.1 Å². The van der Waals surface area contributed by atoms with Crippen molar-refractivity contribution in [3.63, 3.8) is 0 Å². The molecular formula is C14H19BrN2O3. The molecule has 0 spiro atoms. The Morgan fingerprint density at radius 3 is 2.65 bits per heavy atom. The molecule has 110 valence electrons. The van der Waals surface area contributed by atoms with Gasteiger partial charge in [-0.3, -0.25) is 0 Å². The molecule has 0 amide bonds. The quantitative estimate of drug-likeness (QED) is 0.383. The van der Waals surface area contributed by atoms with Gasteiger partial charge in [0.05, 0.1) is 17.8 Å². The molecule has 2 atom stereocenters. The standard InChI is InChI=1S/C14H19BrN2O3/c1-8-6-10(7-9(2)19-8)20-12-5-3-4-11(15)13(12)14(16)17-18/h3-5,8-10,18H,6-7H2,1-2H3,(H2,16,17). The molecule has 0 aliphatic carbocycles. The summed E-state index contributed by atoms with van der Waals surface area (Å²) in [6, 6.07) is 5.51. The summed E-state index contributed by atoms with van der Waals surface area (Å²) in [5.41, 5.74) is 6.29. The maximum Gasteiger partial charge on any atom is 0.174 e.